The Hall–Kier alpha value is -3.31. The van der Waals surface area contributed by atoms with Gasteiger partial charge in [0.25, 0.3) is 10.0 Å². The van der Waals surface area contributed by atoms with Crippen molar-refractivity contribution < 1.29 is 13.2 Å². The van der Waals surface area contributed by atoms with Crippen LogP contribution in [0.2, 0.25) is 0 Å². The van der Waals surface area contributed by atoms with Gasteiger partial charge in [0, 0.05) is 10.8 Å². The van der Waals surface area contributed by atoms with Crippen molar-refractivity contribution in [2.75, 3.05) is 7.11 Å². The van der Waals surface area contributed by atoms with Crippen molar-refractivity contribution in [2.24, 2.45) is 0 Å². The Morgan fingerprint density at radius 1 is 0.714 bits per heavy atom. The van der Waals surface area contributed by atoms with Gasteiger partial charge in [-0.05, 0) is 53.2 Å². The topological polar surface area (TPSA) is 48.3 Å². The minimum atomic E-state index is -3.74. The first-order valence-corrected chi connectivity index (χ1v) is 10.4. The van der Waals surface area contributed by atoms with Crippen LogP contribution in [-0.2, 0) is 10.0 Å². The normalized spacial score (nSPS) is 12.0. The number of aromatic nitrogens is 1. The minimum Gasteiger partial charge on any atom is -0.497 e. The Morgan fingerprint density at radius 2 is 1.46 bits per heavy atom. The van der Waals surface area contributed by atoms with E-state index in [4.69, 9.17) is 4.74 Å². The average molecular weight is 387 g/mol. The number of nitrogens with zero attached hydrogens (tertiary/aromatic N) is 1. The number of ether oxygens (including phenoxy) is 1. The Labute approximate surface area is 162 Å². The summed E-state index contributed by atoms with van der Waals surface area (Å²) in [6, 6.07) is 25.9. The van der Waals surface area contributed by atoms with Crippen molar-refractivity contribution in [3.05, 3.63) is 84.9 Å². The summed E-state index contributed by atoms with van der Waals surface area (Å²) in [6.07, 6.45) is 0. The van der Waals surface area contributed by atoms with Crippen molar-refractivity contribution in [1.29, 1.82) is 0 Å². The summed E-state index contributed by atoms with van der Waals surface area (Å²) in [4.78, 5) is 0.271. The highest BCUT2D eigenvalue weighted by atomic mass is 32.2. The fourth-order valence-corrected chi connectivity index (χ4v) is 5.28. The molecular weight excluding hydrogens is 370 g/mol. The minimum absolute atomic E-state index is 0.271. The summed E-state index contributed by atoms with van der Waals surface area (Å²) in [5.74, 6) is 0.771. The first-order valence-electron chi connectivity index (χ1n) is 8.91. The first-order chi connectivity index (χ1) is 13.6. The number of hydrogen-bond acceptors (Lipinski definition) is 3. The molecule has 0 bridgehead atoms. The van der Waals surface area contributed by atoms with Crippen molar-refractivity contribution in [3.63, 3.8) is 0 Å². The lowest BCUT2D eigenvalue weighted by Crippen LogP contribution is -2.12. The van der Waals surface area contributed by atoms with Gasteiger partial charge >= 0.3 is 0 Å². The number of methoxy groups -OCH3 is 1. The van der Waals surface area contributed by atoms with Gasteiger partial charge in [0.05, 0.1) is 23.0 Å². The van der Waals surface area contributed by atoms with E-state index >= 15 is 0 Å². The highest BCUT2D eigenvalue weighted by molar-refractivity contribution is 7.90. The van der Waals surface area contributed by atoms with E-state index in [0.717, 1.165) is 27.3 Å². The van der Waals surface area contributed by atoms with E-state index in [1.165, 1.54) is 3.97 Å². The molecule has 5 rings (SSSR count). The molecule has 0 spiro atoms. The third-order valence-corrected chi connectivity index (χ3v) is 6.82. The van der Waals surface area contributed by atoms with Gasteiger partial charge in [-0.2, -0.15) is 0 Å². The standard InChI is InChI=1S/C23H17NO3S/c1-27-18-12-11-16-15-23-21(14-17(16)13-18)20-9-5-6-10-22(20)24(23)28(25,26)19-7-3-2-4-8-19/h2-15H,1H3. The second kappa shape index (κ2) is 6.11. The maximum atomic E-state index is 13.5. The first kappa shape index (κ1) is 16.8. The highest BCUT2D eigenvalue weighted by Gasteiger charge is 2.23. The molecule has 28 heavy (non-hydrogen) atoms. The Morgan fingerprint density at radius 3 is 2.25 bits per heavy atom. The summed E-state index contributed by atoms with van der Waals surface area (Å²) >= 11 is 0. The summed E-state index contributed by atoms with van der Waals surface area (Å²) in [5.41, 5.74) is 1.34. The van der Waals surface area contributed by atoms with Gasteiger partial charge < -0.3 is 4.74 Å². The quantitative estimate of drug-likeness (QED) is 0.428. The number of fused-ring (bicyclic) bond motifs is 4. The molecule has 0 amide bonds. The molecule has 4 aromatic carbocycles. The van der Waals surface area contributed by atoms with Crippen LogP contribution < -0.4 is 4.74 Å². The van der Waals surface area contributed by atoms with Crippen LogP contribution in [0.15, 0.2) is 89.8 Å². The van der Waals surface area contributed by atoms with Crippen LogP contribution in [0, 0.1) is 0 Å². The van der Waals surface area contributed by atoms with Crippen LogP contribution in [0.5, 0.6) is 5.75 Å². The fourth-order valence-electron chi connectivity index (χ4n) is 3.74. The SMILES string of the molecule is COc1ccc2cc3c(cc2c1)c1ccccc1n3S(=O)(=O)c1ccccc1. The maximum absolute atomic E-state index is 13.5. The molecular formula is C23H17NO3S. The summed E-state index contributed by atoms with van der Waals surface area (Å²) < 4.78 is 33.8. The van der Waals surface area contributed by atoms with Crippen molar-refractivity contribution in [2.45, 2.75) is 4.90 Å². The van der Waals surface area contributed by atoms with E-state index < -0.39 is 10.0 Å². The number of para-hydroxylation sites is 1. The van der Waals surface area contributed by atoms with E-state index in [1.807, 2.05) is 60.7 Å². The van der Waals surface area contributed by atoms with E-state index in [-0.39, 0.29) is 4.90 Å². The van der Waals surface area contributed by atoms with Gasteiger partial charge in [0.2, 0.25) is 0 Å². The molecule has 0 saturated carbocycles. The molecule has 0 atom stereocenters. The lowest BCUT2D eigenvalue weighted by Gasteiger charge is -2.10. The Bertz CT molecular complexity index is 1450. The van der Waals surface area contributed by atoms with Gasteiger partial charge in [-0.15, -0.1) is 0 Å². The average Bonchev–Trinajstić information content (AvgIpc) is 3.06. The van der Waals surface area contributed by atoms with E-state index in [2.05, 4.69) is 0 Å². The molecule has 0 aliphatic heterocycles. The highest BCUT2D eigenvalue weighted by Crippen LogP contribution is 2.35. The predicted molar refractivity (Wildman–Crippen MR) is 113 cm³/mol. The molecule has 5 heteroatoms. The van der Waals surface area contributed by atoms with Crippen molar-refractivity contribution in [1.82, 2.24) is 3.97 Å². The third kappa shape index (κ3) is 2.40. The zero-order chi connectivity index (χ0) is 19.3. The zero-order valence-electron chi connectivity index (χ0n) is 15.2. The molecule has 0 aliphatic carbocycles. The fraction of sp³-hybridized carbons (Fsp3) is 0.0435. The van der Waals surface area contributed by atoms with Crippen LogP contribution in [0.25, 0.3) is 32.6 Å². The molecule has 5 aromatic rings. The lowest BCUT2D eigenvalue weighted by molar-refractivity contribution is 0.415. The van der Waals surface area contributed by atoms with Gasteiger partial charge in [-0.1, -0.05) is 42.5 Å². The lowest BCUT2D eigenvalue weighted by atomic mass is 10.1. The summed E-state index contributed by atoms with van der Waals surface area (Å²) in [6.45, 7) is 0. The Kier molecular flexibility index (Phi) is 3.67. The molecule has 0 saturated heterocycles. The third-order valence-electron chi connectivity index (χ3n) is 5.08. The maximum Gasteiger partial charge on any atom is 0.268 e. The van der Waals surface area contributed by atoms with Crippen molar-refractivity contribution >= 4 is 42.6 Å². The smallest absolute Gasteiger partial charge is 0.268 e. The van der Waals surface area contributed by atoms with E-state index in [1.54, 1.807) is 31.4 Å². The molecule has 0 aliphatic rings. The van der Waals surface area contributed by atoms with E-state index in [0.29, 0.717) is 11.0 Å². The molecule has 0 fully saturated rings. The second-order valence-electron chi connectivity index (χ2n) is 6.68. The number of hydrogen-bond donors (Lipinski definition) is 0. The molecule has 0 radical (unpaired) electrons. The van der Waals surface area contributed by atoms with Crippen LogP contribution in [0.1, 0.15) is 0 Å². The number of rotatable bonds is 3. The molecule has 0 N–H and O–H groups in total. The molecule has 0 unspecified atom stereocenters. The van der Waals surface area contributed by atoms with Crippen LogP contribution in [0.3, 0.4) is 0 Å². The van der Waals surface area contributed by atoms with Gasteiger partial charge in [-0.3, -0.25) is 0 Å². The number of benzene rings is 4. The predicted octanol–water partition coefficient (Wildman–Crippen LogP) is 5.19. The monoisotopic (exact) mass is 387 g/mol. The van der Waals surface area contributed by atoms with Crippen LogP contribution >= 0.6 is 0 Å². The van der Waals surface area contributed by atoms with Crippen LogP contribution in [-0.4, -0.2) is 19.5 Å². The molecule has 1 heterocycles. The zero-order valence-corrected chi connectivity index (χ0v) is 16.0. The van der Waals surface area contributed by atoms with Crippen molar-refractivity contribution in [3.8, 4) is 5.75 Å². The van der Waals surface area contributed by atoms with Gasteiger partial charge in [0.15, 0.2) is 0 Å². The van der Waals surface area contributed by atoms with Gasteiger partial charge in [-0.25, -0.2) is 12.4 Å². The molecule has 138 valence electrons. The molecule has 1 aromatic heterocycles. The summed E-state index contributed by atoms with van der Waals surface area (Å²) in [7, 11) is -2.10. The van der Waals surface area contributed by atoms with Crippen LogP contribution in [0.4, 0.5) is 0 Å². The largest absolute Gasteiger partial charge is 0.497 e. The Balaban J connectivity index is 1.94. The second-order valence-corrected chi connectivity index (χ2v) is 8.47. The van der Waals surface area contributed by atoms with Gasteiger partial charge in [0.1, 0.15) is 5.75 Å². The molecule has 4 nitrogen and oxygen atoms in total. The summed E-state index contributed by atoms with van der Waals surface area (Å²) in [5, 5.41) is 3.77. The van der Waals surface area contributed by atoms with E-state index in [9.17, 15) is 8.42 Å².